The maximum atomic E-state index is 5.93. The van der Waals surface area contributed by atoms with Gasteiger partial charge in [-0.3, -0.25) is 0 Å². The van der Waals surface area contributed by atoms with E-state index >= 15 is 0 Å². The van der Waals surface area contributed by atoms with Crippen LogP contribution in [-0.2, 0) is 6.42 Å². The lowest BCUT2D eigenvalue weighted by molar-refractivity contribution is 0.357. The van der Waals surface area contributed by atoms with Crippen molar-refractivity contribution in [3.05, 3.63) is 58.1 Å². The number of rotatable bonds is 4. The maximum Gasteiger partial charge on any atom is 0.122 e. The van der Waals surface area contributed by atoms with Gasteiger partial charge in [-0.1, -0.05) is 28.1 Å². The lowest BCUT2D eigenvalue weighted by atomic mass is 10.0. The number of fused-ring (bicyclic) bond motifs is 1. The summed E-state index contributed by atoms with van der Waals surface area (Å²) >= 11 is 3.48. The Balaban J connectivity index is 1.83. The second-order valence-corrected chi connectivity index (χ2v) is 5.82. The summed E-state index contributed by atoms with van der Waals surface area (Å²) in [6, 6.07) is 14.6. The molecule has 4 heteroatoms. The first-order chi connectivity index (χ1) is 9.76. The van der Waals surface area contributed by atoms with Gasteiger partial charge in [0.1, 0.15) is 5.75 Å². The van der Waals surface area contributed by atoms with Crippen LogP contribution in [0.1, 0.15) is 17.2 Å². The van der Waals surface area contributed by atoms with Gasteiger partial charge < -0.3 is 15.8 Å². The molecule has 0 radical (unpaired) electrons. The zero-order valence-electron chi connectivity index (χ0n) is 11.1. The third-order valence-corrected chi connectivity index (χ3v) is 4.01. The predicted molar refractivity (Wildman–Crippen MR) is 85.2 cm³/mol. The van der Waals surface area contributed by atoms with Gasteiger partial charge in [0.05, 0.1) is 12.6 Å². The van der Waals surface area contributed by atoms with Gasteiger partial charge in [0, 0.05) is 23.1 Å². The second kappa shape index (κ2) is 5.85. The van der Waals surface area contributed by atoms with Crippen LogP contribution in [0, 0.1) is 0 Å². The minimum atomic E-state index is 0.107. The van der Waals surface area contributed by atoms with Crippen molar-refractivity contribution in [3.8, 4) is 5.75 Å². The van der Waals surface area contributed by atoms with Gasteiger partial charge in [-0.15, -0.1) is 0 Å². The molecular weight excluding hydrogens is 316 g/mol. The molecule has 0 bridgehead atoms. The highest BCUT2D eigenvalue weighted by atomic mass is 79.9. The molecule has 20 heavy (non-hydrogen) atoms. The Kier molecular flexibility index (Phi) is 3.94. The number of halogens is 1. The van der Waals surface area contributed by atoms with Crippen molar-refractivity contribution in [2.75, 3.05) is 18.5 Å². The number of hydrogen-bond donors (Lipinski definition) is 2. The number of benzene rings is 2. The largest absolute Gasteiger partial charge is 0.493 e. The molecule has 1 aliphatic heterocycles. The summed E-state index contributed by atoms with van der Waals surface area (Å²) < 4.78 is 6.60. The average Bonchev–Trinajstić information content (AvgIpc) is 2.92. The van der Waals surface area contributed by atoms with Gasteiger partial charge in [-0.25, -0.2) is 0 Å². The van der Waals surface area contributed by atoms with Crippen molar-refractivity contribution in [3.63, 3.8) is 0 Å². The third-order valence-electron chi connectivity index (χ3n) is 3.52. The van der Waals surface area contributed by atoms with Crippen LogP contribution in [0.5, 0.6) is 5.75 Å². The number of nitrogens with one attached hydrogen (secondary N) is 1. The highest BCUT2D eigenvalue weighted by Gasteiger charge is 2.16. The van der Waals surface area contributed by atoms with Crippen LogP contribution in [0.4, 0.5) is 5.69 Å². The molecule has 1 atom stereocenters. The summed E-state index contributed by atoms with van der Waals surface area (Å²) in [5.74, 6) is 1.01. The number of nitrogens with two attached hydrogens (primary N) is 1. The predicted octanol–water partition coefficient (Wildman–Crippen LogP) is 3.50. The van der Waals surface area contributed by atoms with Gasteiger partial charge >= 0.3 is 0 Å². The molecular formula is C16H17BrN2O. The molecule has 0 saturated carbocycles. The lowest BCUT2D eigenvalue weighted by Gasteiger charge is -2.19. The fraction of sp³-hybridized carbons (Fsp3) is 0.250. The molecule has 3 rings (SSSR count). The Bertz CT molecular complexity index is 615. The summed E-state index contributed by atoms with van der Waals surface area (Å²) in [7, 11) is 0. The molecule has 1 unspecified atom stereocenters. The summed E-state index contributed by atoms with van der Waals surface area (Å²) in [5.41, 5.74) is 9.47. The van der Waals surface area contributed by atoms with Gasteiger partial charge in [0.15, 0.2) is 0 Å². The maximum absolute atomic E-state index is 5.93. The molecule has 0 spiro atoms. The molecule has 0 aromatic heterocycles. The molecule has 0 saturated heterocycles. The highest BCUT2D eigenvalue weighted by molar-refractivity contribution is 9.10. The van der Waals surface area contributed by atoms with Crippen LogP contribution in [-0.4, -0.2) is 13.2 Å². The fourth-order valence-corrected chi connectivity index (χ4v) is 2.88. The normalized spacial score (nSPS) is 14.5. The molecule has 1 heterocycles. The minimum absolute atomic E-state index is 0.107. The van der Waals surface area contributed by atoms with E-state index in [4.69, 9.17) is 10.5 Å². The van der Waals surface area contributed by atoms with Crippen LogP contribution in [0.2, 0.25) is 0 Å². The van der Waals surface area contributed by atoms with Crippen molar-refractivity contribution in [1.82, 2.24) is 0 Å². The molecule has 3 N–H and O–H groups in total. The first-order valence-electron chi connectivity index (χ1n) is 6.74. The van der Waals surface area contributed by atoms with E-state index in [0.717, 1.165) is 28.9 Å². The zero-order chi connectivity index (χ0) is 13.9. The Morgan fingerprint density at radius 2 is 2.15 bits per heavy atom. The third kappa shape index (κ3) is 2.81. The molecule has 2 aromatic rings. The van der Waals surface area contributed by atoms with E-state index < -0.39 is 0 Å². The average molecular weight is 333 g/mol. The lowest BCUT2D eigenvalue weighted by Crippen LogP contribution is -2.20. The monoisotopic (exact) mass is 332 g/mol. The molecule has 0 aliphatic carbocycles. The van der Waals surface area contributed by atoms with Crippen LogP contribution in [0.3, 0.4) is 0 Å². The molecule has 0 amide bonds. The summed E-state index contributed by atoms with van der Waals surface area (Å²) in [6.45, 7) is 1.33. The van der Waals surface area contributed by atoms with Crippen LogP contribution in [0.25, 0.3) is 0 Å². The smallest absolute Gasteiger partial charge is 0.122 e. The quantitative estimate of drug-likeness (QED) is 0.900. The van der Waals surface area contributed by atoms with Crippen LogP contribution >= 0.6 is 15.9 Å². The van der Waals surface area contributed by atoms with E-state index in [1.54, 1.807) is 0 Å². The molecule has 2 aromatic carbocycles. The van der Waals surface area contributed by atoms with E-state index in [1.807, 2.05) is 24.3 Å². The molecule has 0 fully saturated rings. The molecule has 1 aliphatic rings. The van der Waals surface area contributed by atoms with Gasteiger partial charge in [-0.05, 0) is 41.5 Å². The first kappa shape index (κ1) is 13.5. The van der Waals surface area contributed by atoms with Gasteiger partial charge in [-0.2, -0.15) is 0 Å². The number of ether oxygens (including phenoxy) is 1. The topological polar surface area (TPSA) is 47.3 Å². The number of anilines is 1. The summed E-state index contributed by atoms with van der Waals surface area (Å²) in [4.78, 5) is 0. The fourth-order valence-electron chi connectivity index (χ4n) is 2.48. The van der Waals surface area contributed by atoms with Crippen molar-refractivity contribution >= 4 is 21.6 Å². The number of hydrogen-bond acceptors (Lipinski definition) is 3. The Hall–Kier alpha value is -1.52. The van der Waals surface area contributed by atoms with Crippen LogP contribution in [0.15, 0.2) is 46.9 Å². The van der Waals surface area contributed by atoms with Crippen molar-refractivity contribution in [2.45, 2.75) is 12.5 Å². The van der Waals surface area contributed by atoms with Crippen molar-refractivity contribution in [2.24, 2.45) is 5.73 Å². The highest BCUT2D eigenvalue weighted by Crippen LogP contribution is 2.29. The Morgan fingerprint density at radius 3 is 2.95 bits per heavy atom. The van der Waals surface area contributed by atoms with Gasteiger partial charge in [0.25, 0.3) is 0 Å². The van der Waals surface area contributed by atoms with E-state index in [1.165, 1.54) is 11.1 Å². The van der Waals surface area contributed by atoms with Gasteiger partial charge in [0.2, 0.25) is 0 Å². The minimum Gasteiger partial charge on any atom is -0.493 e. The summed E-state index contributed by atoms with van der Waals surface area (Å²) in [6.07, 6.45) is 0.983. The Morgan fingerprint density at radius 1 is 1.25 bits per heavy atom. The van der Waals surface area contributed by atoms with E-state index in [0.29, 0.717) is 6.54 Å². The second-order valence-electron chi connectivity index (χ2n) is 4.91. The van der Waals surface area contributed by atoms with Crippen molar-refractivity contribution < 1.29 is 4.74 Å². The summed E-state index contributed by atoms with van der Waals surface area (Å²) in [5, 5.41) is 3.48. The van der Waals surface area contributed by atoms with Crippen molar-refractivity contribution in [1.29, 1.82) is 0 Å². The first-order valence-corrected chi connectivity index (χ1v) is 7.53. The molecule has 104 valence electrons. The molecule has 3 nitrogen and oxygen atoms in total. The standard InChI is InChI=1S/C16H17BrN2O/c17-13-2-1-3-14(9-13)19-15(10-18)11-4-5-16-12(8-11)6-7-20-16/h1-5,8-9,15,19H,6-7,10,18H2. The zero-order valence-corrected chi connectivity index (χ0v) is 12.7. The Labute approximate surface area is 127 Å². The van der Waals surface area contributed by atoms with E-state index in [-0.39, 0.29) is 6.04 Å². The van der Waals surface area contributed by atoms with E-state index in [2.05, 4.69) is 39.4 Å². The van der Waals surface area contributed by atoms with E-state index in [9.17, 15) is 0 Å². The van der Waals surface area contributed by atoms with Crippen LogP contribution < -0.4 is 15.8 Å². The SMILES string of the molecule is NCC(Nc1cccc(Br)c1)c1ccc2c(c1)CCO2.